The number of fused-ring (bicyclic) bond motifs is 1. The van der Waals surface area contributed by atoms with Gasteiger partial charge in [-0.25, -0.2) is 0 Å². The molecular weight excluding hydrogens is 240 g/mol. The Morgan fingerprint density at radius 3 is 2.17 bits per heavy atom. The highest BCUT2D eigenvalue weighted by Crippen LogP contribution is 2.55. The summed E-state index contributed by atoms with van der Waals surface area (Å²) in [6.45, 7) is 0. The van der Waals surface area contributed by atoms with Crippen LogP contribution in [0.2, 0.25) is 0 Å². The van der Waals surface area contributed by atoms with Crippen molar-refractivity contribution in [2.75, 3.05) is 30.8 Å². The van der Waals surface area contributed by atoms with Gasteiger partial charge in [0.15, 0.2) is 5.78 Å². The molecule has 0 atom stereocenters. The van der Waals surface area contributed by atoms with Gasteiger partial charge in [0.05, 0.1) is 0 Å². The number of benzene rings is 2. The van der Waals surface area contributed by atoms with Crippen molar-refractivity contribution in [3.8, 4) is 0 Å². The largest absolute Gasteiger partial charge is 0.293 e. The first-order valence-corrected chi connectivity index (χ1v) is 10.4. The summed E-state index contributed by atoms with van der Waals surface area (Å²) in [5, 5.41) is 2.33. The number of ketones is 1. The molecule has 1 nitrogen and oxygen atoms in total. The van der Waals surface area contributed by atoms with Crippen LogP contribution in [0.3, 0.4) is 0 Å². The number of Topliss-reactive ketones (excluding diaryl/α,β-unsaturated/α-hetero) is 1. The van der Waals surface area contributed by atoms with E-state index < -0.39 is 9.16 Å². The van der Waals surface area contributed by atoms with Gasteiger partial charge >= 0.3 is 0 Å². The van der Waals surface area contributed by atoms with Crippen molar-refractivity contribution in [2.24, 2.45) is 0 Å². The molecular formula is C16H22OS. The summed E-state index contributed by atoms with van der Waals surface area (Å²) in [6.07, 6.45) is 8.96. The van der Waals surface area contributed by atoms with E-state index in [1.54, 1.807) is 0 Å². The molecule has 0 N–H and O–H groups in total. The van der Waals surface area contributed by atoms with E-state index in [0.29, 0.717) is 5.75 Å². The van der Waals surface area contributed by atoms with Crippen molar-refractivity contribution in [3.63, 3.8) is 0 Å². The van der Waals surface area contributed by atoms with E-state index in [2.05, 4.69) is 37.2 Å². The summed E-state index contributed by atoms with van der Waals surface area (Å²) in [5.41, 5.74) is 0.843. The first kappa shape index (κ1) is 13.2. The first-order valence-electron chi connectivity index (χ1n) is 6.23. The van der Waals surface area contributed by atoms with Gasteiger partial charge in [-0.05, 0) is 41.9 Å². The van der Waals surface area contributed by atoms with E-state index in [-0.39, 0.29) is 5.78 Å². The number of hydrogen-bond acceptors (Lipinski definition) is 1. The second-order valence-electron chi connectivity index (χ2n) is 7.09. The molecule has 0 bridgehead atoms. The molecule has 0 aromatic heterocycles. The lowest BCUT2D eigenvalue weighted by molar-refractivity contribution is 0.102. The average Bonchev–Trinajstić information content (AvgIpc) is 2.25. The quantitative estimate of drug-likeness (QED) is 0.660. The molecule has 0 fully saturated rings. The number of carbonyl (C=O) groups is 1. The van der Waals surface area contributed by atoms with Gasteiger partial charge in [0.2, 0.25) is 0 Å². The Bertz CT molecular complexity index is 596. The third-order valence-corrected chi connectivity index (χ3v) is 4.40. The van der Waals surface area contributed by atoms with E-state index in [1.165, 1.54) is 5.39 Å². The standard InChI is InChI=1S/C16H22OS/c1-18(2,3,4)12-16(17)15-10-9-13-7-5-6-8-14(13)11-15/h5-11,18H,12H2,1-4H3. The fourth-order valence-corrected chi connectivity index (χ4v) is 3.36. The van der Waals surface area contributed by atoms with Gasteiger partial charge in [-0.2, -0.15) is 0 Å². The molecule has 0 aliphatic rings. The SMILES string of the molecule is C[SH](C)(C)(C)CC(=O)c1ccc2ccccc2c1. The highest BCUT2D eigenvalue weighted by molar-refractivity contribution is 8.48. The third-order valence-electron chi connectivity index (χ3n) is 2.85. The molecule has 98 valence electrons. The minimum absolute atomic E-state index is 0.272. The molecule has 0 amide bonds. The van der Waals surface area contributed by atoms with Gasteiger partial charge in [0.25, 0.3) is 0 Å². The van der Waals surface area contributed by atoms with Crippen molar-refractivity contribution in [1.82, 2.24) is 0 Å². The second kappa shape index (κ2) is 4.13. The normalized spacial score (nSPS) is 14.1. The van der Waals surface area contributed by atoms with Crippen LogP contribution in [-0.2, 0) is 0 Å². The molecule has 2 aromatic rings. The van der Waals surface area contributed by atoms with Crippen molar-refractivity contribution < 1.29 is 4.79 Å². The summed E-state index contributed by atoms with van der Waals surface area (Å²) >= 11 is 0. The molecule has 0 radical (unpaired) electrons. The molecule has 0 aliphatic heterocycles. The van der Waals surface area contributed by atoms with E-state index >= 15 is 0 Å². The maximum Gasteiger partial charge on any atom is 0.169 e. The highest BCUT2D eigenvalue weighted by atomic mass is 32.3. The van der Waals surface area contributed by atoms with Crippen molar-refractivity contribution in [3.05, 3.63) is 48.0 Å². The third kappa shape index (κ3) is 3.36. The molecule has 18 heavy (non-hydrogen) atoms. The lowest BCUT2D eigenvalue weighted by Crippen LogP contribution is -2.22. The van der Waals surface area contributed by atoms with Crippen LogP contribution in [0.4, 0.5) is 0 Å². The fraction of sp³-hybridized carbons (Fsp3) is 0.312. The highest BCUT2D eigenvalue weighted by Gasteiger charge is 2.23. The van der Waals surface area contributed by atoms with Gasteiger partial charge in [0, 0.05) is 11.3 Å². The Kier molecular flexibility index (Phi) is 3.02. The van der Waals surface area contributed by atoms with Crippen molar-refractivity contribution in [1.29, 1.82) is 0 Å². The van der Waals surface area contributed by atoms with Crippen LogP contribution in [0.15, 0.2) is 42.5 Å². The Balaban J connectivity index is 2.35. The van der Waals surface area contributed by atoms with E-state index in [1.807, 2.05) is 30.3 Å². The molecule has 0 aliphatic carbocycles. The van der Waals surface area contributed by atoms with Crippen LogP contribution >= 0.6 is 9.16 Å². The molecule has 0 heterocycles. The summed E-state index contributed by atoms with van der Waals surface area (Å²) in [4.78, 5) is 12.3. The molecule has 2 rings (SSSR count). The molecule has 0 spiro atoms. The lowest BCUT2D eigenvalue weighted by atomic mass is 10.1. The van der Waals surface area contributed by atoms with Gasteiger partial charge in [0.1, 0.15) is 0 Å². The predicted octanol–water partition coefficient (Wildman–Crippen LogP) is 3.61. The first-order chi connectivity index (χ1) is 8.21. The lowest BCUT2D eigenvalue weighted by Gasteiger charge is -2.46. The monoisotopic (exact) mass is 262 g/mol. The predicted molar refractivity (Wildman–Crippen MR) is 85.8 cm³/mol. The fourth-order valence-electron chi connectivity index (χ4n) is 2.03. The van der Waals surface area contributed by atoms with Crippen LogP contribution in [-0.4, -0.2) is 36.6 Å². The van der Waals surface area contributed by atoms with E-state index in [0.717, 1.165) is 10.9 Å². The summed E-state index contributed by atoms with van der Waals surface area (Å²) in [7, 11) is -1.78. The van der Waals surface area contributed by atoms with Crippen LogP contribution in [0.5, 0.6) is 0 Å². The van der Waals surface area contributed by atoms with Crippen molar-refractivity contribution in [2.45, 2.75) is 0 Å². The Labute approximate surface area is 109 Å². The van der Waals surface area contributed by atoms with Gasteiger partial charge < -0.3 is 0 Å². The topological polar surface area (TPSA) is 17.1 Å². The van der Waals surface area contributed by atoms with Crippen LogP contribution in [0.25, 0.3) is 10.8 Å². The summed E-state index contributed by atoms with van der Waals surface area (Å²) in [5.74, 6) is 0.956. The molecule has 0 saturated heterocycles. The zero-order valence-corrected chi connectivity index (χ0v) is 12.5. The van der Waals surface area contributed by atoms with Gasteiger partial charge in [-0.3, -0.25) is 14.0 Å². The minimum atomic E-state index is -1.78. The van der Waals surface area contributed by atoms with Crippen LogP contribution < -0.4 is 0 Å². The average molecular weight is 262 g/mol. The van der Waals surface area contributed by atoms with E-state index in [4.69, 9.17) is 0 Å². The van der Waals surface area contributed by atoms with Gasteiger partial charge in [-0.1, -0.05) is 36.4 Å². The minimum Gasteiger partial charge on any atom is -0.293 e. The smallest absolute Gasteiger partial charge is 0.169 e. The zero-order chi connectivity index (χ0) is 13.4. The molecule has 2 heteroatoms. The van der Waals surface area contributed by atoms with Crippen LogP contribution in [0, 0.1) is 0 Å². The molecule has 0 unspecified atom stereocenters. The van der Waals surface area contributed by atoms with Crippen molar-refractivity contribution >= 4 is 25.7 Å². The Morgan fingerprint density at radius 1 is 0.944 bits per heavy atom. The second-order valence-corrected chi connectivity index (χ2v) is 15.3. The van der Waals surface area contributed by atoms with Gasteiger partial charge in [-0.15, -0.1) is 0 Å². The molecule has 0 saturated carbocycles. The number of rotatable bonds is 3. The van der Waals surface area contributed by atoms with E-state index in [9.17, 15) is 4.79 Å². The maximum absolute atomic E-state index is 12.3. The zero-order valence-electron chi connectivity index (χ0n) is 11.6. The number of carbonyl (C=O) groups excluding carboxylic acids is 1. The number of thiol groups is 1. The maximum atomic E-state index is 12.3. The Morgan fingerprint density at radius 2 is 1.56 bits per heavy atom. The summed E-state index contributed by atoms with van der Waals surface area (Å²) < 4.78 is 0. The van der Waals surface area contributed by atoms with Crippen LogP contribution in [0.1, 0.15) is 10.4 Å². The molecule has 2 aromatic carbocycles. The Hall–Kier alpha value is -1.28. The number of hydrogen-bond donors (Lipinski definition) is 1. The summed E-state index contributed by atoms with van der Waals surface area (Å²) in [6, 6.07) is 14.2.